The van der Waals surface area contributed by atoms with Gasteiger partial charge in [-0.2, -0.15) is 13.2 Å². The lowest BCUT2D eigenvalue weighted by Gasteiger charge is -2.27. The summed E-state index contributed by atoms with van der Waals surface area (Å²) in [6, 6.07) is 3.43. The first-order chi connectivity index (χ1) is 9.92. The molecule has 0 spiro atoms. The molecule has 0 atom stereocenters. The molecular weight excluding hydrogens is 285 g/mol. The second kappa shape index (κ2) is 5.38. The van der Waals surface area contributed by atoms with Gasteiger partial charge in [0, 0.05) is 29.4 Å². The van der Waals surface area contributed by atoms with Crippen molar-refractivity contribution in [2.45, 2.75) is 38.2 Å². The molecule has 0 unspecified atom stereocenters. The van der Waals surface area contributed by atoms with Crippen molar-refractivity contribution in [1.29, 1.82) is 0 Å². The summed E-state index contributed by atoms with van der Waals surface area (Å²) < 4.78 is 48.7. The van der Waals surface area contributed by atoms with E-state index in [-0.39, 0.29) is 19.4 Å². The van der Waals surface area contributed by atoms with Crippen LogP contribution in [-0.2, 0) is 17.9 Å². The molecule has 0 saturated heterocycles. The van der Waals surface area contributed by atoms with Crippen LogP contribution in [0.25, 0.3) is 0 Å². The van der Waals surface area contributed by atoms with Gasteiger partial charge in [-0.1, -0.05) is 0 Å². The molecule has 0 radical (unpaired) electrons. The zero-order valence-corrected chi connectivity index (χ0v) is 11.4. The monoisotopic (exact) mass is 302 g/mol. The van der Waals surface area contributed by atoms with E-state index in [4.69, 9.17) is 15.2 Å². The molecule has 1 aliphatic heterocycles. The maximum Gasteiger partial charge on any atom is 0.401 e. The number of ether oxygens (including phenoxy) is 2. The second-order valence-corrected chi connectivity index (χ2v) is 5.53. The first-order valence-corrected chi connectivity index (χ1v) is 6.85. The lowest BCUT2D eigenvalue weighted by atomic mass is 10.1. The van der Waals surface area contributed by atoms with Gasteiger partial charge >= 0.3 is 6.18 Å². The number of fused-ring (bicyclic) bond motifs is 1. The molecule has 0 bridgehead atoms. The molecule has 1 aromatic carbocycles. The van der Waals surface area contributed by atoms with E-state index >= 15 is 0 Å². The molecule has 2 aliphatic rings. The predicted molar refractivity (Wildman–Crippen MR) is 70.6 cm³/mol. The zero-order valence-electron chi connectivity index (χ0n) is 11.4. The molecule has 116 valence electrons. The van der Waals surface area contributed by atoms with E-state index in [9.17, 15) is 13.2 Å². The fourth-order valence-corrected chi connectivity index (χ4v) is 2.65. The quantitative estimate of drug-likeness (QED) is 0.869. The van der Waals surface area contributed by atoms with Gasteiger partial charge in [-0.05, 0) is 25.0 Å². The minimum absolute atomic E-state index is 0.00328. The SMILES string of the molecule is Nc1cc2c(c(CN(CC(F)(F)F)C3CC3)c1)OCOC2. The number of nitrogens with two attached hydrogens (primary N) is 1. The van der Waals surface area contributed by atoms with E-state index in [0.717, 1.165) is 18.4 Å². The van der Waals surface area contributed by atoms with E-state index in [1.54, 1.807) is 12.1 Å². The van der Waals surface area contributed by atoms with Crippen LogP contribution in [0.4, 0.5) is 18.9 Å². The van der Waals surface area contributed by atoms with Gasteiger partial charge in [0.15, 0.2) is 6.79 Å². The lowest BCUT2D eigenvalue weighted by molar-refractivity contribution is -0.148. The van der Waals surface area contributed by atoms with Crippen LogP contribution in [0.3, 0.4) is 0 Å². The van der Waals surface area contributed by atoms with Gasteiger partial charge in [0.05, 0.1) is 13.2 Å². The normalized spacial score (nSPS) is 18.5. The molecule has 1 saturated carbocycles. The number of benzene rings is 1. The van der Waals surface area contributed by atoms with Crippen molar-refractivity contribution in [2.24, 2.45) is 0 Å². The molecule has 0 amide bonds. The first-order valence-electron chi connectivity index (χ1n) is 6.85. The number of nitrogen functional groups attached to an aromatic ring is 1. The number of anilines is 1. The molecule has 7 heteroatoms. The van der Waals surface area contributed by atoms with Gasteiger partial charge in [-0.3, -0.25) is 4.90 Å². The summed E-state index contributed by atoms with van der Waals surface area (Å²) >= 11 is 0. The highest BCUT2D eigenvalue weighted by Gasteiger charge is 2.38. The topological polar surface area (TPSA) is 47.7 Å². The Morgan fingerprint density at radius 1 is 1.29 bits per heavy atom. The Balaban J connectivity index is 1.83. The van der Waals surface area contributed by atoms with Crippen LogP contribution in [0, 0.1) is 0 Å². The number of rotatable bonds is 4. The van der Waals surface area contributed by atoms with Gasteiger partial charge in [-0.15, -0.1) is 0 Å². The number of hydrogen-bond donors (Lipinski definition) is 1. The van der Waals surface area contributed by atoms with Crippen LogP contribution in [0.15, 0.2) is 12.1 Å². The molecule has 1 aliphatic carbocycles. The highest BCUT2D eigenvalue weighted by molar-refractivity contribution is 5.53. The molecule has 2 N–H and O–H groups in total. The molecule has 4 nitrogen and oxygen atoms in total. The fraction of sp³-hybridized carbons (Fsp3) is 0.571. The Labute approximate surface area is 120 Å². The van der Waals surface area contributed by atoms with Gasteiger partial charge in [0.1, 0.15) is 5.75 Å². The molecule has 0 aromatic heterocycles. The maximum atomic E-state index is 12.7. The van der Waals surface area contributed by atoms with Crippen molar-refractivity contribution in [3.63, 3.8) is 0 Å². The summed E-state index contributed by atoms with van der Waals surface area (Å²) in [5, 5.41) is 0. The zero-order chi connectivity index (χ0) is 15.0. The lowest BCUT2D eigenvalue weighted by Crippen LogP contribution is -2.35. The highest BCUT2D eigenvalue weighted by Crippen LogP contribution is 2.36. The Bertz CT molecular complexity index is 530. The number of halogens is 3. The minimum Gasteiger partial charge on any atom is -0.467 e. The van der Waals surface area contributed by atoms with E-state index in [0.29, 0.717) is 23.6 Å². The van der Waals surface area contributed by atoms with Crippen molar-refractivity contribution < 1.29 is 22.6 Å². The number of nitrogens with zero attached hydrogens (tertiary/aromatic N) is 1. The van der Waals surface area contributed by atoms with Crippen molar-refractivity contribution in [2.75, 3.05) is 19.1 Å². The van der Waals surface area contributed by atoms with Crippen LogP contribution >= 0.6 is 0 Å². The van der Waals surface area contributed by atoms with E-state index in [2.05, 4.69) is 0 Å². The van der Waals surface area contributed by atoms with Gasteiger partial charge in [-0.25, -0.2) is 0 Å². The Hall–Kier alpha value is -1.47. The average Bonchev–Trinajstić information content (AvgIpc) is 3.20. The maximum absolute atomic E-state index is 12.7. The third-order valence-electron chi connectivity index (χ3n) is 3.63. The third-order valence-corrected chi connectivity index (χ3v) is 3.63. The van der Waals surface area contributed by atoms with Crippen molar-refractivity contribution in [1.82, 2.24) is 4.90 Å². The molecule has 1 heterocycles. The summed E-state index contributed by atoms with van der Waals surface area (Å²) in [6.45, 7) is -0.224. The van der Waals surface area contributed by atoms with Crippen LogP contribution in [0.2, 0.25) is 0 Å². The second-order valence-electron chi connectivity index (χ2n) is 5.53. The number of hydrogen-bond acceptors (Lipinski definition) is 4. The molecule has 1 aromatic rings. The van der Waals surface area contributed by atoms with Gasteiger partial charge in [0.25, 0.3) is 0 Å². The summed E-state index contributed by atoms with van der Waals surface area (Å²) in [6.07, 6.45) is -2.58. The van der Waals surface area contributed by atoms with Gasteiger partial charge in [0.2, 0.25) is 0 Å². The largest absolute Gasteiger partial charge is 0.467 e. The van der Waals surface area contributed by atoms with E-state index in [1.807, 2.05) is 0 Å². The average molecular weight is 302 g/mol. The standard InChI is InChI=1S/C14H17F3N2O2/c15-14(16,17)7-19(12-1-2-12)5-9-3-11(18)4-10-6-20-8-21-13(9)10/h3-4,12H,1-2,5-8,18H2. The molecule has 3 rings (SSSR count). The Kier molecular flexibility index (Phi) is 3.71. The molecule has 1 fully saturated rings. The summed E-state index contributed by atoms with van der Waals surface area (Å²) in [5.41, 5.74) is 7.83. The minimum atomic E-state index is -4.20. The van der Waals surface area contributed by atoms with Gasteiger partial charge < -0.3 is 15.2 Å². The van der Waals surface area contributed by atoms with Crippen LogP contribution in [0.5, 0.6) is 5.75 Å². The first kappa shape index (κ1) is 14.5. The molecule has 21 heavy (non-hydrogen) atoms. The Morgan fingerprint density at radius 2 is 2.05 bits per heavy atom. The summed E-state index contributed by atoms with van der Waals surface area (Å²) in [5.74, 6) is 0.614. The van der Waals surface area contributed by atoms with Crippen LogP contribution in [0.1, 0.15) is 24.0 Å². The molecular formula is C14H17F3N2O2. The van der Waals surface area contributed by atoms with E-state index < -0.39 is 12.7 Å². The number of alkyl halides is 3. The smallest absolute Gasteiger partial charge is 0.401 e. The fourth-order valence-electron chi connectivity index (χ4n) is 2.65. The van der Waals surface area contributed by atoms with Crippen molar-refractivity contribution in [3.05, 3.63) is 23.3 Å². The summed E-state index contributed by atoms with van der Waals surface area (Å²) in [4.78, 5) is 1.45. The summed E-state index contributed by atoms with van der Waals surface area (Å²) in [7, 11) is 0. The Morgan fingerprint density at radius 3 is 2.71 bits per heavy atom. The van der Waals surface area contributed by atoms with E-state index in [1.165, 1.54) is 4.90 Å². The van der Waals surface area contributed by atoms with Crippen molar-refractivity contribution in [3.8, 4) is 5.75 Å². The van der Waals surface area contributed by atoms with Crippen LogP contribution in [-0.4, -0.2) is 30.5 Å². The van der Waals surface area contributed by atoms with Crippen molar-refractivity contribution >= 4 is 5.69 Å². The predicted octanol–water partition coefficient (Wildman–Crippen LogP) is 2.66. The highest BCUT2D eigenvalue weighted by atomic mass is 19.4. The third kappa shape index (κ3) is 3.59. The van der Waals surface area contributed by atoms with Crippen LogP contribution < -0.4 is 10.5 Å².